The van der Waals surface area contributed by atoms with Gasteiger partial charge in [-0.25, -0.2) is 0 Å². The van der Waals surface area contributed by atoms with Crippen molar-refractivity contribution in [2.45, 2.75) is 54.5 Å². The average molecular weight is 199 g/mol. The molecule has 0 spiro atoms. The van der Waals surface area contributed by atoms with Crippen molar-refractivity contribution < 1.29 is 0 Å². The van der Waals surface area contributed by atoms with Crippen molar-refractivity contribution in [3.63, 3.8) is 0 Å². The van der Waals surface area contributed by atoms with E-state index in [1.54, 1.807) is 0 Å². The average Bonchev–Trinajstić information content (AvgIpc) is 2.24. The summed E-state index contributed by atoms with van der Waals surface area (Å²) < 4.78 is 0. The van der Waals surface area contributed by atoms with Crippen LogP contribution >= 0.6 is 0 Å². The van der Waals surface area contributed by atoms with Gasteiger partial charge in [-0.15, -0.1) is 0 Å². The second-order valence-electron chi connectivity index (χ2n) is 4.87. The van der Waals surface area contributed by atoms with Crippen molar-refractivity contribution in [2.24, 2.45) is 35.3 Å². The summed E-state index contributed by atoms with van der Waals surface area (Å²) in [6, 6.07) is 0.409. The third-order valence-corrected chi connectivity index (χ3v) is 4.53. The first-order valence-electron chi connectivity index (χ1n) is 6.22. The largest absolute Gasteiger partial charge is 0.327 e. The van der Waals surface area contributed by atoms with Crippen molar-refractivity contribution >= 4 is 0 Å². The van der Waals surface area contributed by atoms with E-state index in [1.807, 2.05) is 13.8 Å². The third kappa shape index (κ3) is 2.50. The van der Waals surface area contributed by atoms with Gasteiger partial charge in [0.25, 0.3) is 0 Å². The lowest BCUT2D eigenvalue weighted by Gasteiger charge is -2.45. The molecule has 0 aromatic rings. The van der Waals surface area contributed by atoms with Gasteiger partial charge in [0.2, 0.25) is 0 Å². The molecule has 0 amide bonds. The Kier molecular flexibility index (Phi) is 5.73. The molecule has 14 heavy (non-hydrogen) atoms. The van der Waals surface area contributed by atoms with E-state index in [1.165, 1.54) is 0 Å². The van der Waals surface area contributed by atoms with Crippen LogP contribution in [0.2, 0.25) is 0 Å². The molecule has 1 saturated carbocycles. The lowest BCUT2D eigenvalue weighted by atomic mass is 9.62. The van der Waals surface area contributed by atoms with Crippen molar-refractivity contribution in [2.75, 3.05) is 0 Å². The van der Waals surface area contributed by atoms with E-state index in [0.29, 0.717) is 17.9 Å². The summed E-state index contributed by atoms with van der Waals surface area (Å²) in [5.74, 6) is 3.77. The fourth-order valence-electron chi connectivity index (χ4n) is 2.62. The van der Waals surface area contributed by atoms with Gasteiger partial charge in [-0.05, 0) is 29.6 Å². The Balaban J connectivity index is 0.000000791. The van der Waals surface area contributed by atoms with Gasteiger partial charge < -0.3 is 5.73 Å². The normalized spacial score (nSPS) is 48.0. The molecular formula is C13H29N. The molecule has 0 aliphatic heterocycles. The number of nitrogens with two attached hydrogens (primary N) is 1. The van der Waals surface area contributed by atoms with Crippen LogP contribution in [0.3, 0.4) is 0 Å². The first kappa shape index (κ1) is 14.0. The molecule has 1 rings (SSSR count). The predicted octanol–water partition coefficient (Wildman–Crippen LogP) is 3.53. The molecule has 0 heterocycles. The van der Waals surface area contributed by atoms with E-state index in [9.17, 15) is 0 Å². The molecule has 0 aromatic heterocycles. The first-order valence-corrected chi connectivity index (χ1v) is 6.22. The molecule has 1 fully saturated rings. The Bertz CT molecular complexity index is 96.8. The molecule has 0 aromatic carbocycles. The van der Waals surface area contributed by atoms with Crippen LogP contribution in [0, 0.1) is 29.6 Å². The summed E-state index contributed by atoms with van der Waals surface area (Å²) >= 11 is 0. The first-order chi connectivity index (χ1) is 6.46. The summed E-state index contributed by atoms with van der Waals surface area (Å²) in [5.41, 5.74) is 6.16. The molecule has 1 heteroatoms. The van der Waals surface area contributed by atoms with Crippen LogP contribution in [0.4, 0.5) is 0 Å². The van der Waals surface area contributed by atoms with Crippen LogP contribution in [0.1, 0.15) is 48.5 Å². The van der Waals surface area contributed by atoms with E-state index in [0.717, 1.165) is 17.8 Å². The highest BCUT2D eigenvalue weighted by atomic mass is 14.7. The van der Waals surface area contributed by atoms with Gasteiger partial charge in [0.15, 0.2) is 0 Å². The number of hydrogen-bond acceptors (Lipinski definition) is 1. The monoisotopic (exact) mass is 199 g/mol. The van der Waals surface area contributed by atoms with E-state index in [-0.39, 0.29) is 0 Å². The van der Waals surface area contributed by atoms with Gasteiger partial charge in [-0.2, -0.15) is 0 Å². The van der Waals surface area contributed by atoms with Gasteiger partial charge in [-0.3, -0.25) is 0 Å². The molecule has 1 aliphatic carbocycles. The van der Waals surface area contributed by atoms with Crippen molar-refractivity contribution in [3.05, 3.63) is 0 Å². The summed E-state index contributed by atoms with van der Waals surface area (Å²) in [4.78, 5) is 0. The molecule has 4 unspecified atom stereocenters. The smallest absolute Gasteiger partial charge is 0.00956 e. The third-order valence-electron chi connectivity index (χ3n) is 4.53. The molecule has 0 radical (unpaired) electrons. The zero-order chi connectivity index (χ0) is 11.5. The minimum absolute atomic E-state index is 0.409. The number of rotatable bonds is 0. The van der Waals surface area contributed by atoms with Gasteiger partial charge >= 0.3 is 0 Å². The summed E-state index contributed by atoms with van der Waals surface area (Å²) in [6.45, 7) is 15.7. The van der Waals surface area contributed by atoms with E-state index >= 15 is 0 Å². The maximum atomic E-state index is 6.16. The Hall–Kier alpha value is -0.0400. The summed E-state index contributed by atoms with van der Waals surface area (Å²) in [7, 11) is 0. The Labute approximate surface area is 90.5 Å². The van der Waals surface area contributed by atoms with E-state index in [2.05, 4.69) is 34.6 Å². The van der Waals surface area contributed by atoms with Crippen LogP contribution in [0.15, 0.2) is 0 Å². The zero-order valence-electron chi connectivity index (χ0n) is 11.0. The topological polar surface area (TPSA) is 26.0 Å². The fourth-order valence-corrected chi connectivity index (χ4v) is 2.62. The standard InChI is InChI=1S/C11H23N.C2H6/c1-6-7(2)9(4)11(12)10(5)8(6)3;1-2/h6-11H,12H2,1-5H3;1-2H3. The second kappa shape index (κ2) is 5.75. The molecule has 0 saturated heterocycles. The molecule has 1 aliphatic rings. The quantitative estimate of drug-likeness (QED) is 0.634. The van der Waals surface area contributed by atoms with Crippen LogP contribution in [0.5, 0.6) is 0 Å². The molecule has 0 bridgehead atoms. The van der Waals surface area contributed by atoms with Gasteiger partial charge in [0.1, 0.15) is 0 Å². The highest BCUT2D eigenvalue weighted by Gasteiger charge is 2.38. The maximum absolute atomic E-state index is 6.16. The van der Waals surface area contributed by atoms with E-state index < -0.39 is 0 Å². The van der Waals surface area contributed by atoms with Gasteiger partial charge in [-0.1, -0.05) is 48.5 Å². The molecular weight excluding hydrogens is 170 g/mol. The summed E-state index contributed by atoms with van der Waals surface area (Å²) in [6.07, 6.45) is 0. The minimum atomic E-state index is 0.409. The SMILES string of the molecule is CC.CC1C(C)C(C)C(N)C(C)C1C. The Morgan fingerprint density at radius 2 is 0.786 bits per heavy atom. The fraction of sp³-hybridized carbons (Fsp3) is 1.00. The second-order valence-corrected chi connectivity index (χ2v) is 4.87. The van der Waals surface area contributed by atoms with Crippen molar-refractivity contribution in [1.29, 1.82) is 0 Å². The van der Waals surface area contributed by atoms with Crippen molar-refractivity contribution in [3.8, 4) is 0 Å². The highest BCUT2D eigenvalue weighted by Crippen LogP contribution is 2.40. The zero-order valence-corrected chi connectivity index (χ0v) is 11.0. The molecule has 4 atom stereocenters. The van der Waals surface area contributed by atoms with Crippen LogP contribution in [0.25, 0.3) is 0 Å². The van der Waals surface area contributed by atoms with Crippen LogP contribution in [-0.4, -0.2) is 6.04 Å². The maximum Gasteiger partial charge on any atom is 0.00956 e. The van der Waals surface area contributed by atoms with Crippen LogP contribution in [-0.2, 0) is 0 Å². The van der Waals surface area contributed by atoms with Gasteiger partial charge in [0, 0.05) is 6.04 Å². The predicted molar refractivity (Wildman–Crippen MR) is 65.1 cm³/mol. The minimum Gasteiger partial charge on any atom is -0.327 e. The molecule has 1 nitrogen and oxygen atoms in total. The molecule has 2 N–H and O–H groups in total. The Morgan fingerprint density at radius 1 is 0.571 bits per heavy atom. The van der Waals surface area contributed by atoms with Crippen LogP contribution < -0.4 is 5.73 Å². The highest BCUT2D eigenvalue weighted by molar-refractivity contribution is 4.91. The van der Waals surface area contributed by atoms with Gasteiger partial charge in [0.05, 0.1) is 0 Å². The number of hydrogen-bond donors (Lipinski definition) is 1. The lowest BCUT2D eigenvalue weighted by Crippen LogP contribution is -2.49. The Morgan fingerprint density at radius 3 is 1.07 bits per heavy atom. The van der Waals surface area contributed by atoms with Crippen molar-refractivity contribution in [1.82, 2.24) is 0 Å². The summed E-state index contributed by atoms with van der Waals surface area (Å²) in [5, 5.41) is 0. The molecule has 86 valence electrons. The lowest BCUT2D eigenvalue weighted by molar-refractivity contribution is 0.0624. The van der Waals surface area contributed by atoms with E-state index in [4.69, 9.17) is 5.73 Å².